The maximum Gasteiger partial charge on any atom is 0.225 e. The molecule has 0 fully saturated rings. The summed E-state index contributed by atoms with van der Waals surface area (Å²) in [4.78, 5) is 11.8. The highest BCUT2D eigenvalue weighted by Crippen LogP contribution is 2.22. The standard InChI is InChI=1S/C14H12BrClFNO2S2/c15-13-5-9(7-21-13)8-22(20)4-3-14(19)18-12-2-1-10(16)6-11(12)17/h1-2,5-7H,3-4,8H2,(H,18,19)/t22-/m0/s1. The zero-order valence-electron chi connectivity index (χ0n) is 11.3. The van der Waals surface area contributed by atoms with Crippen LogP contribution in [0.2, 0.25) is 5.02 Å². The van der Waals surface area contributed by atoms with Gasteiger partial charge in [-0.3, -0.25) is 9.00 Å². The lowest BCUT2D eigenvalue weighted by Gasteiger charge is -2.06. The molecule has 0 bridgehead atoms. The lowest BCUT2D eigenvalue weighted by atomic mass is 10.3. The van der Waals surface area contributed by atoms with E-state index in [1.165, 1.54) is 23.5 Å². The van der Waals surface area contributed by atoms with Gasteiger partial charge in [0, 0.05) is 33.7 Å². The summed E-state index contributed by atoms with van der Waals surface area (Å²) in [5.74, 6) is -0.328. The molecule has 2 aromatic rings. The van der Waals surface area contributed by atoms with Crippen LogP contribution in [0.25, 0.3) is 0 Å². The van der Waals surface area contributed by atoms with Crippen molar-refractivity contribution < 1.29 is 13.4 Å². The molecule has 2 rings (SSSR count). The third-order valence-corrected chi connectivity index (χ3v) is 5.81. The zero-order valence-corrected chi connectivity index (χ0v) is 15.2. The molecular weight excluding hydrogens is 413 g/mol. The first kappa shape index (κ1) is 17.6. The van der Waals surface area contributed by atoms with Gasteiger partial charge in [0.25, 0.3) is 0 Å². The van der Waals surface area contributed by atoms with E-state index in [0.29, 0.717) is 5.75 Å². The molecule has 118 valence electrons. The molecule has 0 aliphatic rings. The number of hydrogen-bond acceptors (Lipinski definition) is 3. The maximum absolute atomic E-state index is 13.5. The monoisotopic (exact) mass is 423 g/mol. The van der Waals surface area contributed by atoms with E-state index >= 15 is 0 Å². The van der Waals surface area contributed by atoms with Gasteiger partial charge in [0.15, 0.2) is 0 Å². The van der Waals surface area contributed by atoms with Crippen molar-refractivity contribution in [3.05, 3.63) is 49.8 Å². The molecule has 0 saturated carbocycles. The quantitative estimate of drug-likeness (QED) is 0.738. The van der Waals surface area contributed by atoms with Crippen LogP contribution in [0.3, 0.4) is 0 Å². The van der Waals surface area contributed by atoms with Crippen molar-refractivity contribution >= 4 is 61.3 Å². The molecule has 1 aromatic heterocycles. The number of anilines is 1. The van der Waals surface area contributed by atoms with Crippen LogP contribution in [0.5, 0.6) is 0 Å². The topological polar surface area (TPSA) is 46.2 Å². The second-order valence-corrected chi connectivity index (χ2v) is 8.77. The Morgan fingerprint density at radius 3 is 2.82 bits per heavy atom. The van der Waals surface area contributed by atoms with Crippen molar-refractivity contribution in [3.8, 4) is 0 Å². The molecule has 0 spiro atoms. The van der Waals surface area contributed by atoms with Crippen LogP contribution < -0.4 is 5.32 Å². The lowest BCUT2D eigenvalue weighted by Crippen LogP contribution is -2.16. The van der Waals surface area contributed by atoms with Gasteiger partial charge in [0.1, 0.15) is 5.82 Å². The van der Waals surface area contributed by atoms with Crippen molar-refractivity contribution in [2.75, 3.05) is 11.1 Å². The highest BCUT2D eigenvalue weighted by molar-refractivity contribution is 9.11. The van der Waals surface area contributed by atoms with Crippen LogP contribution in [0.1, 0.15) is 12.0 Å². The molecule has 1 N–H and O–H groups in total. The van der Waals surface area contributed by atoms with E-state index < -0.39 is 16.6 Å². The zero-order chi connectivity index (χ0) is 16.1. The summed E-state index contributed by atoms with van der Waals surface area (Å²) in [6, 6.07) is 5.93. The van der Waals surface area contributed by atoms with E-state index in [2.05, 4.69) is 21.2 Å². The Bertz CT molecular complexity index is 708. The summed E-state index contributed by atoms with van der Waals surface area (Å²) >= 11 is 10.5. The van der Waals surface area contributed by atoms with Crippen molar-refractivity contribution in [2.24, 2.45) is 0 Å². The fourth-order valence-electron chi connectivity index (χ4n) is 1.69. The predicted molar refractivity (Wildman–Crippen MR) is 93.4 cm³/mol. The molecule has 0 aliphatic heterocycles. The predicted octanol–water partition coefficient (Wildman–Crippen LogP) is 4.58. The average Bonchev–Trinajstić information content (AvgIpc) is 2.85. The van der Waals surface area contributed by atoms with E-state index in [1.807, 2.05) is 11.4 Å². The van der Waals surface area contributed by atoms with Gasteiger partial charge in [-0.1, -0.05) is 11.6 Å². The van der Waals surface area contributed by atoms with Gasteiger partial charge in [-0.05, 0) is 51.1 Å². The molecule has 0 unspecified atom stereocenters. The van der Waals surface area contributed by atoms with Crippen LogP contribution in [-0.4, -0.2) is 15.9 Å². The second kappa shape index (κ2) is 8.19. The van der Waals surface area contributed by atoms with Crippen LogP contribution in [0.15, 0.2) is 33.4 Å². The smallest absolute Gasteiger partial charge is 0.225 e. The fraction of sp³-hybridized carbons (Fsp3) is 0.214. The van der Waals surface area contributed by atoms with Crippen molar-refractivity contribution in [1.82, 2.24) is 0 Å². The van der Waals surface area contributed by atoms with Gasteiger partial charge >= 0.3 is 0 Å². The van der Waals surface area contributed by atoms with E-state index in [1.54, 1.807) is 0 Å². The van der Waals surface area contributed by atoms with Crippen molar-refractivity contribution in [2.45, 2.75) is 12.2 Å². The number of benzene rings is 1. The minimum Gasteiger partial charge on any atom is -0.324 e. The Kier molecular flexibility index (Phi) is 6.55. The molecule has 3 nitrogen and oxygen atoms in total. The molecule has 1 amide bonds. The first-order valence-corrected chi connectivity index (χ1v) is 9.80. The summed E-state index contributed by atoms with van der Waals surface area (Å²) in [6.45, 7) is 0. The number of thiophene rings is 1. The fourth-order valence-corrected chi connectivity index (χ4v) is 4.26. The molecule has 0 radical (unpaired) electrons. The highest BCUT2D eigenvalue weighted by Gasteiger charge is 2.10. The molecule has 1 atom stereocenters. The summed E-state index contributed by atoms with van der Waals surface area (Å²) in [5, 5.41) is 4.63. The number of nitrogens with one attached hydrogen (secondary N) is 1. The largest absolute Gasteiger partial charge is 0.324 e. The Morgan fingerprint density at radius 2 is 2.18 bits per heavy atom. The lowest BCUT2D eigenvalue weighted by molar-refractivity contribution is -0.115. The van der Waals surface area contributed by atoms with Gasteiger partial charge in [0.2, 0.25) is 5.91 Å². The number of rotatable bonds is 6. The van der Waals surface area contributed by atoms with Gasteiger partial charge in [-0.2, -0.15) is 0 Å². The summed E-state index contributed by atoms with van der Waals surface area (Å²) in [5.41, 5.74) is 1.04. The maximum atomic E-state index is 13.5. The molecule has 0 aliphatic carbocycles. The summed E-state index contributed by atoms with van der Waals surface area (Å²) in [6.07, 6.45) is 0.0694. The van der Waals surface area contributed by atoms with E-state index in [9.17, 15) is 13.4 Å². The number of amides is 1. The normalized spacial score (nSPS) is 12.1. The second-order valence-electron chi connectivity index (χ2n) is 4.47. The van der Waals surface area contributed by atoms with Crippen LogP contribution >= 0.6 is 38.9 Å². The average molecular weight is 425 g/mol. The van der Waals surface area contributed by atoms with Crippen LogP contribution in [0, 0.1) is 5.82 Å². The third kappa shape index (κ3) is 5.46. The number of halogens is 3. The third-order valence-electron chi connectivity index (χ3n) is 2.71. The molecule has 0 saturated heterocycles. The van der Waals surface area contributed by atoms with E-state index in [4.69, 9.17) is 11.6 Å². The summed E-state index contributed by atoms with van der Waals surface area (Å²) in [7, 11) is -1.14. The van der Waals surface area contributed by atoms with Crippen LogP contribution in [-0.2, 0) is 21.3 Å². The van der Waals surface area contributed by atoms with Crippen molar-refractivity contribution in [3.63, 3.8) is 0 Å². The molecule has 8 heteroatoms. The molecule has 1 aromatic carbocycles. The van der Waals surface area contributed by atoms with Crippen LogP contribution in [0.4, 0.5) is 10.1 Å². The first-order valence-electron chi connectivity index (χ1n) is 6.27. The van der Waals surface area contributed by atoms with E-state index in [0.717, 1.165) is 15.4 Å². The minimum atomic E-state index is -1.14. The number of carbonyl (C=O) groups is 1. The molecular formula is C14H12BrClFNO2S2. The number of hydrogen-bond donors (Lipinski definition) is 1. The Hall–Kier alpha value is -0.760. The molecule has 1 heterocycles. The highest BCUT2D eigenvalue weighted by atomic mass is 79.9. The Balaban J connectivity index is 1.81. The van der Waals surface area contributed by atoms with Gasteiger partial charge < -0.3 is 5.32 Å². The van der Waals surface area contributed by atoms with E-state index in [-0.39, 0.29) is 28.8 Å². The van der Waals surface area contributed by atoms with Crippen molar-refractivity contribution in [1.29, 1.82) is 0 Å². The number of carbonyl (C=O) groups excluding carboxylic acids is 1. The van der Waals surface area contributed by atoms with Gasteiger partial charge in [-0.15, -0.1) is 11.3 Å². The van der Waals surface area contributed by atoms with Gasteiger partial charge in [0.05, 0.1) is 9.47 Å². The minimum absolute atomic E-state index is 0.0694. The Morgan fingerprint density at radius 1 is 1.41 bits per heavy atom. The van der Waals surface area contributed by atoms with Gasteiger partial charge in [-0.25, -0.2) is 4.39 Å². The summed E-state index contributed by atoms with van der Waals surface area (Å²) < 4.78 is 26.4. The Labute approximate surface area is 147 Å². The SMILES string of the molecule is O=C(CC[S@](=O)Cc1csc(Br)c1)Nc1ccc(Cl)cc1F. The first-order chi connectivity index (χ1) is 10.4. The molecule has 22 heavy (non-hydrogen) atoms.